The first-order valence-electron chi connectivity index (χ1n) is 3.04. The minimum absolute atomic E-state index is 0.841. The third kappa shape index (κ3) is 1.41. The van der Waals surface area contributed by atoms with Gasteiger partial charge in [-0.3, -0.25) is 0 Å². The maximum atomic E-state index is 4.99. The van der Waals surface area contributed by atoms with Crippen LogP contribution in [0.3, 0.4) is 0 Å². The summed E-state index contributed by atoms with van der Waals surface area (Å²) in [5.41, 5.74) is 0.958. The van der Waals surface area contributed by atoms with Crippen LogP contribution in [0.1, 0.15) is 0 Å². The minimum Gasteiger partial charge on any atom is -0.497 e. The Hall–Kier alpha value is -1.18. The predicted molar refractivity (Wildman–Crippen MR) is 42.0 cm³/mol. The fourth-order valence-electron chi connectivity index (χ4n) is 0.733. The molecular weight excluding hydrogens is 126 g/mol. The first kappa shape index (κ1) is 6.93. The Bertz CT molecular complexity index is 191. The van der Waals surface area contributed by atoms with E-state index in [0.29, 0.717) is 0 Å². The van der Waals surface area contributed by atoms with Crippen molar-refractivity contribution < 1.29 is 4.74 Å². The Labute approximate surface area is 60.8 Å². The average Bonchev–Trinajstić information content (AvgIpc) is 2.05. The van der Waals surface area contributed by atoms with Crippen molar-refractivity contribution in [2.45, 2.75) is 0 Å². The van der Waals surface area contributed by atoms with E-state index >= 15 is 0 Å². The van der Waals surface area contributed by atoms with Gasteiger partial charge in [0.15, 0.2) is 0 Å². The summed E-state index contributed by atoms with van der Waals surface area (Å²) < 4.78 is 4.99. The Kier molecular flexibility index (Phi) is 2.15. The molecule has 1 aromatic carbocycles. The van der Waals surface area contributed by atoms with Gasteiger partial charge >= 0.3 is 0 Å². The highest BCUT2D eigenvalue weighted by Gasteiger charge is 1.89. The molecule has 0 bridgehead atoms. The molecule has 53 valence electrons. The lowest BCUT2D eigenvalue weighted by Gasteiger charge is -2.01. The summed E-state index contributed by atoms with van der Waals surface area (Å²) in [6.07, 6.45) is 0. The molecule has 2 nitrogen and oxygen atoms in total. The maximum Gasteiger partial charge on any atom is 0.120 e. The molecule has 0 amide bonds. The van der Waals surface area contributed by atoms with Gasteiger partial charge in [0.25, 0.3) is 0 Å². The molecule has 0 spiro atoms. The van der Waals surface area contributed by atoms with Gasteiger partial charge in [0.1, 0.15) is 5.75 Å². The van der Waals surface area contributed by atoms with E-state index in [0.717, 1.165) is 11.4 Å². The highest BCUT2D eigenvalue weighted by Crippen LogP contribution is 2.15. The highest BCUT2D eigenvalue weighted by molar-refractivity contribution is 5.48. The summed E-state index contributed by atoms with van der Waals surface area (Å²) in [7, 11) is 5.17. The van der Waals surface area contributed by atoms with Crippen LogP contribution in [-0.2, 0) is 0 Å². The van der Waals surface area contributed by atoms with E-state index in [2.05, 4.69) is 12.4 Å². The van der Waals surface area contributed by atoms with E-state index in [1.807, 2.05) is 24.3 Å². The van der Waals surface area contributed by atoms with Crippen molar-refractivity contribution in [2.75, 3.05) is 12.4 Å². The van der Waals surface area contributed by atoms with E-state index in [4.69, 9.17) is 4.74 Å². The van der Waals surface area contributed by atoms with Crippen molar-refractivity contribution in [1.82, 2.24) is 0 Å². The molecule has 0 heterocycles. The number of benzene rings is 1. The normalized spacial score (nSPS) is 9.00. The Morgan fingerprint density at radius 1 is 1.50 bits per heavy atom. The predicted octanol–water partition coefficient (Wildman–Crippen LogP) is 1.90. The van der Waals surface area contributed by atoms with E-state index < -0.39 is 0 Å². The maximum absolute atomic E-state index is 4.99. The molecule has 0 saturated carbocycles. The van der Waals surface area contributed by atoms with Gasteiger partial charge in [-0.25, -0.2) is 0 Å². The third-order valence-electron chi connectivity index (χ3n) is 1.27. The highest BCUT2D eigenvalue weighted by atomic mass is 16.5. The average molecular weight is 136 g/mol. The Morgan fingerprint density at radius 3 is 2.90 bits per heavy atom. The van der Waals surface area contributed by atoms with Gasteiger partial charge in [0.2, 0.25) is 0 Å². The third-order valence-corrected chi connectivity index (χ3v) is 1.27. The summed E-state index contributed by atoms with van der Waals surface area (Å²) in [6, 6.07) is 7.61. The van der Waals surface area contributed by atoms with Crippen LogP contribution in [-0.4, -0.2) is 7.11 Å². The summed E-state index contributed by atoms with van der Waals surface area (Å²) in [6.45, 7) is 0. The van der Waals surface area contributed by atoms with Gasteiger partial charge in [0, 0.05) is 18.8 Å². The number of hydrogen-bond donors (Lipinski definition) is 1. The topological polar surface area (TPSA) is 21.3 Å². The molecule has 1 radical (unpaired) electrons. The minimum atomic E-state index is 0.841. The molecule has 0 aliphatic carbocycles. The van der Waals surface area contributed by atoms with Crippen molar-refractivity contribution in [3.8, 4) is 5.75 Å². The summed E-state index contributed by atoms with van der Waals surface area (Å²) in [4.78, 5) is 0. The molecule has 1 rings (SSSR count). The lowest BCUT2D eigenvalue weighted by molar-refractivity contribution is 0.415. The molecule has 0 atom stereocenters. The molecule has 0 unspecified atom stereocenters. The smallest absolute Gasteiger partial charge is 0.120 e. The number of hydrogen-bond acceptors (Lipinski definition) is 2. The molecule has 1 aromatic rings. The number of nitrogens with one attached hydrogen (secondary N) is 1. The number of anilines is 1. The first-order chi connectivity index (χ1) is 4.86. The van der Waals surface area contributed by atoms with Gasteiger partial charge in [-0.15, -0.1) is 0 Å². The van der Waals surface area contributed by atoms with Crippen LogP contribution >= 0.6 is 0 Å². The molecule has 10 heavy (non-hydrogen) atoms. The molecule has 0 fully saturated rings. The van der Waals surface area contributed by atoms with Crippen LogP contribution in [0.4, 0.5) is 5.69 Å². The van der Waals surface area contributed by atoms with Crippen molar-refractivity contribution >= 4 is 5.69 Å². The second kappa shape index (κ2) is 3.11. The molecule has 0 aliphatic heterocycles. The van der Waals surface area contributed by atoms with Gasteiger partial charge in [-0.1, -0.05) is 6.07 Å². The number of methoxy groups -OCH3 is 1. The number of ether oxygens (including phenoxy) is 1. The number of rotatable bonds is 2. The van der Waals surface area contributed by atoms with Crippen LogP contribution in [0, 0.1) is 7.05 Å². The zero-order valence-corrected chi connectivity index (χ0v) is 5.92. The van der Waals surface area contributed by atoms with Gasteiger partial charge < -0.3 is 10.1 Å². The van der Waals surface area contributed by atoms with Gasteiger partial charge in [-0.2, -0.15) is 0 Å². The van der Waals surface area contributed by atoms with Crippen LogP contribution in [0.5, 0.6) is 5.75 Å². The van der Waals surface area contributed by atoms with Gasteiger partial charge in [-0.05, 0) is 12.1 Å². The molecule has 0 aromatic heterocycles. The van der Waals surface area contributed by atoms with Crippen molar-refractivity contribution in [1.29, 1.82) is 0 Å². The zero-order valence-electron chi connectivity index (χ0n) is 5.92. The standard InChI is InChI=1S/C8H10NO/c1-9-7-4-3-5-8(6-7)10-2/h3-6,9H,1H2,2H3. The van der Waals surface area contributed by atoms with E-state index in [9.17, 15) is 0 Å². The quantitative estimate of drug-likeness (QED) is 0.670. The van der Waals surface area contributed by atoms with Crippen LogP contribution in [0.2, 0.25) is 0 Å². The molecule has 1 N–H and O–H groups in total. The van der Waals surface area contributed by atoms with Crippen molar-refractivity contribution in [3.05, 3.63) is 31.3 Å². The Balaban J connectivity index is 2.87. The lowest BCUT2D eigenvalue weighted by atomic mass is 10.3. The monoisotopic (exact) mass is 136 g/mol. The van der Waals surface area contributed by atoms with Crippen molar-refractivity contribution in [2.24, 2.45) is 0 Å². The molecule has 2 heteroatoms. The lowest BCUT2D eigenvalue weighted by Crippen LogP contribution is -1.86. The van der Waals surface area contributed by atoms with E-state index in [1.165, 1.54) is 0 Å². The molecule has 0 saturated heterocycles. The largest absolute Gasteiger partial charge is 0.497 e. The van der Waals surface area contributed by atoms with Crippen molar-refractivity contribution in [3.63, 3.8) is 0 Å². The summed E-state index contributed by atoms with van der Waals surface area (Å²) >= 11 is 0. The first-order valence-corrected chi connectivity index (χ1v) is 3.04. The van der Waals surface area contributed by atoms with Gasteiger partial charge in [0.05, 0.1) is 7.11 Å². The zero-order chi connectivity index (χ0) is 7.40. The summed E-state index contributed by atoms with van der Waals surface area (Å²) in [5, 5.41) is 2.77. The summed E-state index contributed by atoms with van der Waals surface area (Å²) in [5.74, 6) is 0.841. The van der Waals surface area contributed by atoms with Crippen LogP contribution < -0.4 is 10.1 Å². The van der Waals surface area contributed by atoms with Crippen LogP contribution in [0.25, 0.3) is 0 Å². The van der Waals surface area contributed by atoms with Crippen LogP contribution in [0.15, 0.2) is 24.3 Å². The van der Waals surface area contributed by atoms with E-state index in [1.54, 1.807) is 7.11 Å². The molecule has 0 aliphatic rings. The second-order valence-corrected chi connectivity index (χ2v) is 1.91. The SMILES string of the molecule is [CH2]Nc1cccc(OC)c1. The molecular formula is C8H10NO. The fourth-order valence-corrected chi connectivity index (χ4v) is 0.733. The fraction of sp³-hybridized carbons (Fsp3) is 0.125. The van der Waals surface area contributed by atoms with E-state index in [-0.39, 0.29) is 0 Å². The second-order valence-electron chi connectivity index (χ2n) is 1.91. The Morgan fingerprint density at radius 2 is 2.30 bits per heavy atom.